The second-order valence-electron chi connectivity index (χ2n) is 7.14. The van der Waals surface area contributed by atoms with Crippen molar-refractivity contribution in [2.45, 2.75) is 44.8 Å². The molecule has 2 heterocycles. The molecule has 1 aromatic carbocycles. The Labute approximate surface area is 155 Å². The van der Waals surface area contributed by atoms with Gasteiger partial charge in [0.25, 0.3) is 0 Å². The third-order valence-corrected chi connectivity index (χ3v) is 6.14. The molecule has 1 N–H and O–H groups in total. The zero-order chi connectivity index (χ0) is 17.5. The number of carbonyl (C=O) groups excluding carboxylic acids is 1. The highest BCUT2D eigenvalue weighted by Crippen LogP contribution is 2.17. The predicted molar refractivity (Wildman–Crippen MR) is 104 cm³/mol. The van der Waals surface area contributed by atoms with Gasteiger partial charge in [-0.05, 0) is 31.7 Å². The average molecular weight is 363 g/mol. The standard InChI is InChI=1S/C20H30N2O2S/c1-16-4-6-17(7-5-16)8-10-22(14-19-3-2-11-24-19)20(23)13-18-15-25-12-9-21-18/h4-7,18-19,21H,2-3,8-15H2,1H3. The Kier molecular flexibility index (Phi) is 7.20. The van der Waals surface area contributed by atoms with Gasteiger partial charge in [-0.15, -0.1) is 0 Å². The van der Waals surface area contributed by atoms with E-state index in [9.17, 15) is 4.79 Å². The summed E-state index contributed by atoms with van der Waals surface area (Å²) >= 11 is 1.94. The summed E-state index contributed by atoms with van der Waals surface area (Å²) in [5, 5.41) is 3.48. The lowest BCUT2D eigenvalue weighted by Gasteiger charge is -2.29. The van der Waals surface area contributed by atoms with E-state index < -0.39 is 0 Å². The number of hydrogen-bond acceptors (Lipinski definition) is 4. The lowest BCUT2D eigenvalue weighted by molar-refractivity contribution is -0.133. The largest absolute Gasteiger partial charge is 0.376 e. The SMILES string of the molecule is Cc1ccc(CCN(CC2CCCO2)C(=O)CC2CSCCN2)cc1. The first-order chi connectivity index (χ1) is 12.2. The molecule has 25 heavy (non-hydrogen) atoms. The van der Waals surface area contributed by atoms with Crippen LogP contribution in [0.4, 0.5) is 0 Å². The average Bonchev–Trinajstić information content (AvgIpc) is 3.14. The van der Waals surface area contributed by atoms with E-state index in [0.717, 1.165) is 57.0 Å². The van der Waals surface area contributed by atoms with Crippen molar-refractivity contribution in [3.63, 3.8) is 0 Å². The smallest absolute Gasteiger partial charge is 0.224 e. The number of nitrogens with one attached hydrogen (secondary N) is 1. The second kappa shape index (κ2) is 9.60. The van der Waals surface area contributed by atoms with Crippen LogP contribution in [0.3, 0.4) is 0 Å². The molecular formula is C20H30N2O2S. The number of thioether (sulfide) groups is 1. The van der Waals surface area contributed by atoms with Crippen molar-refractivity contribution in [3.8, 4) is 0 Å². The van der Waals surface area contributed by atoms with Crippen LogP contribution < -0.4 is 5.32 Å². The lowest BCUT2D eigenvalue weighted by atomic mass is 10.1. The van der Waals surface area contributed by atoms with Crippen LogP contribution in [-0.2, 0) is 16.0 Å². The fourth-order valence-corrected chi connectivity index (χ4v) is 4.41. The molecule has 3 rings (SSSR count). The monoisotopic (exact) mass is 362 g/mol. The van der Waals surface area contributed by atoms with E-state index in [1.807, 2.05) is 16.7 Å². The summed E-state index contributed by atoms with van der Waals surface area (Å²) in [6.07, 6.45) is 3.92. The molecule has 5 heteroatoms. The van der Waals surface area contributed by atoms with Crippen molar-refractivity contribution in [3.05, 3.63) is 35.4 Å². The van der Waals surface area contributed by atoms with Crippen molar-refractivity contribution < 1.29 is 9.53 Å². The molecule has 2 saturated heterocycles. The van der Waals surface area contributed by atoms with Crippen LogP contribution in [0, 0.1) is 6.92 Å². The van der Waals surface area contributed by atoms with Crippen molar-refractivity contribution in [1.82, 2.24) is 10.2 Å². The van der Waals surface area contributed by atoms with Gasteiger partial charge in [0.15, 0.2) is 0 Å². The molecule has 4 nitrogen and oxygen atoms in total. The van der Waals surface area contributed by atoms with E-state index in [4.69, 9.17) is 4.74 Å². The molecule has 0 spiro atoms. The van der Waals surface area contributed by atoms with E-state index in [1.165, 1.54) is 11.1 Å². The summed E-state index contributed by atoms with van der Waals surface area (Å²) in [5.74, 6) is 2.46. The Bertz CT molecular complexity index is 537. The van der Waals surface area contributed by atoms with Crippen molar-refractivity contribution >= 4 is 17.7 Å². The Balaban J connectivity index is 1.56. The quantitative estimate of drug-likeness (QED) is 0.810. The maximum atomic E-state index is 12.9. The minimum absolute atomic E-state index is 0.218. The number of ether oxygens (including phenoxy) is 1. The predicted octanol–water partition coefficient (Wildman–Crippen LogP) is 2.64. The van der Waals surface area contributed by atoms with Crippen molar-refractivity contribution in [2.24, 2.45) is 0 Å². The van der Waals surface area contributed by atoms with Gasteiger partial charge in [-0.1, -0.05) is 29.8 Å². The summed E-state index contributed by atoms with van der Waals surface area (Å²) < 4.78 is 5.78. The first kappa shape index (κ1) is 18.7. The molecule has 0 aliphatic carbocycles. The zero-order valence-electron chi connectivity index (χ0n) is 15.2. The topological polar surface area (TPSA) is 41.6 Å². The highest BCUT2D eigenvalue weighted by atomic mass is 32.2. The molecule has 2 unspecified atom stereocenters. The summed E-state index contributed by atoms with van der Waals surface area (Å²) in [7, 11) is 0. The normalized spacial score (nSPS) is 23.6. The fraction of sp³-hybridized carbons (Fsp3) is 0.650. The molecule has 2 aliphatic heterocycles. The van der Waals surface area contributed by atoms with Crippen LogP contribution in [0.25, 0.3) is 0 Å². The number of nitrogens with zero attached hydrogens (tertiary/aromatic N) is 1. The Morgan fingerprint density at radius 2 is 2.20 bits per heavy atom. The maximum absolute atomic E-state index is 12.9. The molecule has 2 atom stereocenters. The number of carbonyl (C=O) groups is 1. The van der Waals surface area contributed by atoms with Gasteiger partial charge in [0.1, 0.15) is 0 Å². The van der Waals surface area contributed by atoms with Crippen LogP contribution in [0.1, 0.15) is 30.4 Å². The van der Waals surface area contributed by atoms with E-state index in [2.05, 4.69) is 36.5 Å². The van der Waals surface area contributed by atoms with Crippen molar-refractivity contribution in [2.75, 3.05) is 37.7 Å². The number of benzene rings is 1. The minimum atomic E-state index is 0.218. The first-order valence-corrected chi connectivity index (χ1v) is 10.6. The van der Waals surface area contributed by atoms with Crippen molar-refractivity contribution in [1.29, 1.82) is 0 Å². The Morgan fingerprint density at radius 1 is 1.36 bits per heavy atom. The van der Waals surface area contributed by atoms with Crippen LogP contribution in [0.2, 0.25) is 0 Å². The maximum Gasteiger partial charge on any atom is 0.224 e. The van der Waals surface area contributed by atoms with Crippen LogP contribution in [0.15, 0.2) is 24.3 Å². The highest BCUT2D eigenvalue weighted by Gasteiger charge is 2.25. The highest BCUT2D eigenvalue weighted by molar-refractivity contribution is 7.99. The molecule has 2 fully saturated rings. The van der Waals surface area contributed by atoms with Gasteiger partial charge in [0.2, 0.25) is 5.91 Å². The number of hydrogen-bond donors (Lipinski definition) is 1. The summed E-state index contributed by atoms with van der Waals surface area (Å²) in [4.78, 5) is 14.9. The molecule has 2 aliphatic rings. The van der Waals surface area contributed by atoms with E-state index >= 15 is 0 Å². The zero-order valence-corrected chi connectivity index (χ0v) is 16.0. The fourth-order valence-electron chi connectivity index (χ4n) is 3.46. The molecule has 0 aromatic heterocycles. The van der Waals surface area contributed by atoms with Gasteiger partial charge in [-0.25, -0.2) is 0 Å². The van der Waals surface area contributed by atoms with Gasteiger partial charge < -0.3 is 15.0 Å². The minimum Gasteiger partial charge on any atom is -0.376 e. The van der Waals surface area contributed by atoms with Gasteiger partial charge in [-0.2, -0.15) is 11.8 Å². The third kappa shape index (κ3) is 6.01. The Morgan fingerprint density at radius 3 is 2.88 bits per heavy atom. The van der Waals surface area contributed by atoms with E-state index in [0.29, 0.717) is 12.5 Å². The van der Waals surface area contributed by atoms with Gasteiger partial charge in [-0.3, -0.25) is 4.79 Å². The van der Waals surface area contributed by atoms with Gasteiger partial charge >= 0.3 is 0 Å². The summed E-state index contributed by atoms with van der Waals surface area (Å²) in [5.41, 5.74) is 2.57. The first-order valence-electron chi connectivity index (χ1n) is 9.47. The van der Waals surface area contributed by atoms with Crippen LogP contribution >= 0.6 is 11.8 Å². The summed E-state index contributed by atoms with van der Waals surface area (Å²) in [6, 6.07) is 8.94. The molecule has 0 saturated carbocycles. The van der Waals surface area contributed by atoms with Gasteiger partial charge in [0.05, 0.1) is 6.10 Å². The molecule has 0 radical (unpaired) electrons. The van der Waals surface area contributed by atoms with Crippen LogP contribution in [-0.4, -0.2) is 60.7 Å². The third-order valence-electron chi connectivity index (χ3n) is 5.01. The van der Waals surface area contributed by atoms with E-state index in [1.54, 1.807) is 0 Å². The Hall–Kier alpha value is -1.04. The molecule has 1 aromatic rings. The number of aryl methyl sites for hydroxylation is 1. The number of rotatable bonds is 7. The van der Waals surface area contributed by atoms with Gasteiger partial charge in [0, 0.05) is 50.2 Å². The second-order valence-corrected chi connectivity index (χ2v) is 8.29. The van der Waals surface area contributed by atoms with E-state index in [-0.39, 0.29) is 12.0 Å². The number of amides is 1. The van der Waals surface area contributed by atoms with Crippen LogP contribution in [0.5, 0.6) is 0 Å². The lowest BCUT2D eigenvalue weighted by Crippen LogP contribution is -2.45. The molecule has 0 bridgehead atoms. The molecule has 138 valence electrons. The molecule has 1 amide bonds. The molecular weight excluding hydrogens is 332 g/mol. The summed E-state index contributed by atoms with van der Waals surface area (Å²) in [6.45, 7) is 5.47.